The number of hydrogen-bond acceptors (Lipinski definition) is 5. The summed E-state index contributed by atoms with van der Waals surface area (Å²) in [5, 5.41) is 4.39. The van der Waals surface area contributed by atoms with Crippen LogP contribution in [0.5, 0.6) is 0 Å². The van der Waals surface area contributed by atoms with Gasteiger partial charge in [-0.15, -0.1) is 11.8 Å². The monoisotopic (exact) mass is 437 g/mol. The lowest BCUT2D eigenvalue weighted by Crippen LogP contribution is -2.08. The highest BCUT2D eigenvalue weighted by Gasteiger charge is 2.12. The van der Waals surface area contributed by atoms with Gasteiger partial charge in [0.1, 0.15) is 5.65 Å². The van der Waals surface area contributed by atoms with Crippen molar-refractivity contribution in [2.45, 2.75) is 11.3 Å². The Morgan fingerprint density at radius 3 is 2.66 bits per heavy atom. The van der Waals surface area contributed by atoms with E-state index >= 15 is 0 Å². The highest BCUT2D eigenvalue weighted by atomic mass is 32.2. The SMILES string of the molecule is CSc1ccccc1-c1cnc2[nH]cc(-c3ccnc(NCCc4ccccc4)n3)c2c1. The molecule has 3 aromatic heterocycles. The molecule has 0 fully saturated rings. The molecule has 5 rings (SSSR count). The van der Waals surface area contributed by atoms with Gasteiger partial charge in [-0.05, 0) is 42.0 Å². The van der Waals surface area contributed by atoms with Crippen LogP contribution in [-0.2, 0) is 6.42 Å². The van der Waals surface area contributed by atoms with E-state index in [9.17, 15) is 0 Å². The summed E-state index contributed by atoms with van der Waals surface area (Å²) in [5.41, 5.74) is 6.31. The minimum absolute atomic E-state index is 0.629. The van der Waals surface area contributed by atoms with Gasteiger partial charge in [0.2, 0.25) is 5.95 Å². The number of aromatic amines is 1. The molecule has 6 heteroatoms. The fourth-order valence-electron chi connectivity index (χ4n) is 3.80. The maximum atomic E-state index is 4.76. The van der Waals surface area contributed by atoms with Crippen LogP contribution in [0.15, 0.2) is 90.2 Å². The van der Waals surface area contributed by atoms with Crippen LogP contribution < -0.4 is 5.32 Å². The Hall–Kier alpha value is -3.64. The summed E-state index contributed by atoms with van der Waals surface area (Å²) in [6.07, 6.45) is 8.71. The molecule has 5 nitrogen and oxygen atoms in total. The van der Waals surface area contributed by atoms with Gasteiger partial charge in [-0.1, -0.05) is 48.5 Å². The predicted octanol–water partition coefficient (Wildman–Crippen LogP) is 6.06. The van der Waals surface area contributed by atoms with E-state index < -0.39 is 0 Å². The van der Waals surface area contributed by atoms with Crippen LogP contribution in [-0.4, -0.2) is 32.7 Å². The first-order valence-electron chi connectivity index (χ1n) is 10.5. The second-order valence-corrected chi connectivity index (χ2v) is 8.30. The average Bonchev–Trinajstić information content (AvgIpc) is 3.28. The van der Waals surface area contributed by atoms with Gasteiger partial charge in [-0.3, -0.25) is 0 Å². The molecule has 0 aliphatic heterocycles. The number of pyridine rings is 1. The molecule has 0 amide bonds. The number of thioether (sulfide) groups is 1. The fourth-order valence-corrected chi connectivity index (χ4v) is 4.42. The zero-order valence-electron chi connectivity index (χ0n) is 17.7. The number of fused-ring (bicyclic) bond motifs is 1. The standard InChI is InChI=1S/C26H23N5S/c1-32-24-10-6-5-9-20(24)19-15-21-22(17-30-25(21)29-16-19)23-12-14-28-26(31-23)27-13-11-18-7-3-2-4-8-18/h2-10,12,14-17H,11,13H2,1H3,(H,29,30)(H,27,28,31). The number of aromatic nitrogens is 4. The van der Waals surface area contributed by atoms with Crippen LogP contribution in [0.3, 0.4) is 0 Å². The first-order chi connectivity index (χ1) is 15.8. The zero-order valence-corrected chi connectivity index (χ0v) is 18.6. The van der Waals surface area contributed by atoms with Gasteiger partial charge in [0.25, 0.3) is 0 Å². The highest BCUT2D eigenvalue weighted by Crippen LogP contribution is 2.34. The Balaban J connectivity index is 1.42. The van der Waals surface area contributed by atoms with Crippen molar-refractivity contribution in [2.75, 3.05) is 18.1 Å². The Morgan fingerprint density at radius 1 is 0.938 bits per heavy atom. The number of anilines is 1. The summed E-state index contributed by atoms with van der Waals surface area (Å²) in [6.45, 7) is 0.776. The van der Waals surface area contributed by atoms with Crippen molar-refractivity contribution in [2.24, 2.45) is 0 Å². The van der Waals surface area contributed by atoms with Gasteiger partial charge < -0.3 is 10.3 Å². The second kappa shape index (κ2) is 9.24. The van der Waals surface area contributed by atoms with Gasteiger partial charge >= 0.3 is 0 Å². The van der Waals surface area contributed by atoms with Crippen molar-refractivity contribution in [1.29, 1.82) is 0 Å². The first kappa shape index (κ1) is 20.3. The number of benzene rings is 2. The lowest BCUT2D eigenvalue weighted by atomic mass is 10.0. The number of H-pyrrole nitrogens is 1. The molecule has 2 aromatic carbocycles. The van der Waals surface area contributed by atoms with E-state index in [-0.39, 0.29) is 0 Å². The number of rotatable bonds is 7. The van der Waals surface area contributed by atoms with Crippen molar-refractivity contribution in [3.8, 4) is 22.4 Å². The third-order valence-corrected chi connectivity index (χ3v) is 6.22. The molecule has 0 spiro atoms. The average molecular weight is 438 g/mol. The van der Waals surface area contributed by atoms with Crippen LogP contribution >= 0.6 is 11.8 Å². The molecular weight excluding hydrogens is 414 g/mol. The molecule has 0 saturated heterocycles. The molecule has 0 aliphatic carbocycles. The minimum Gasteiger partial charge on any atom is -0.354 e. The molecule has 0 aliphatic rings. The Morgan fingerprint density at radius 2 is 1.78 bits per heavy atom. The maximum absolute atomic E-state index is 4.76. The van der Waals surface area contributed by atoms with Gasteiger partial charge in [0.05, 0.1) is 5.69 Å². The lowest BCUT2D eigenvalue weighted by Gasteiger charge is -2.08. The zero-order chi connectivity index (χ0) is 21.8. The lowest BCUT2D eigenvalue weighted by molar-refractivity contribution is 0.985. The Labute approximate surface area is 191 Å². The number of nitrogens with zero attached hydrogens (tertiary/aromatic N) is 3. The molecule has 0 unspecified atom stereocenters. The van der Waals surface area contributed by atoms with Gasteiger partial charge in [-0.25, -0.2) is 15.0 Å². The minimum atomic E-state index is 0.629. The highest BCUT2D eigenvalue weighted by molar-refractivity contribution is 7.98. The third kappa shape index (κ3) is 4.22. The van der Waals surface area contributed by atoms with Crippen molar-refractivity contribution in [3.05, 3.63) is 90.9 Å². The molecule has 0 saturated carbocycles. The van der Waals surface area contributed by atoms with Crippen molar-refractivity contribution in [3.63, 3.8) is 0 Å². The quantitative estimate of drug-likeness (QED) is 0.303. The van der Waals surface area contributed by atoms with E-state index in [1.54, 1.807) is 18.0 Å². The third-order valence-electron chi connectivity index (χ3n) is 5.42. The van der Waals surface area contributed by atoms with Crippen molar-refractivity contribution >= 4 is 28.7 Å². The molecule has 0 bridgehead atoms. The molecule has 0 atom stereocenters. The van der Waals surface area contributed by atoms with Crippen LogP contribution in [0.1, 0.15) is 5.56 Å². The predicted molar refractivity (Wildman–Crippen MR) is 133 cm³/mol. The summed E-state index contributed by atoms with van der Waals surface area (Å²) in [4.78, 5) is 18.3. The van der Waals surface area contributed by atoms with Crippen LogP contribution in [0.2, 0.25) is 0 Å². The maximum Gasteiger partial charge on any atom is 0.223 e. The van der Waals surface area contributed by atoms with E-state index in [4.69, 9.17) is 4.98 Å². The first-order valence-corrected chi connectivity index (χ1v) is 11.8. The van der Waals surface area contributed by atoms with Crippen LogP contribution in [0.4, 0.5) is 5.95 Å². The summed E-state index contributed by atoms with van der Waals surface area (Å²) in [6, 6.07) is 22.9. The Kier molecular flexibility index (Phi) is 5.85. The van der Waals surface area contributed by atoms with E-state index in [1.807, 2.05) is 24.5 Å². The molecule has 3 heterocycles. The summed E-state index contributed by atoms with van der Waals surface area (Å²) in [7, 11) is 0. The smallest absolute Gasteiger partial charge is 0.223 e. The molecule has 5 aromatic rings. The van der Waals surface area contributed by atoms with Gasteiger partial charge in [0.15, 0.2) is 0 Å². The molecule has 2 N–H and O–H groups in total. The largest absolute Gasteiger partial charge is 0.354 e. The Bertz CT molecular complexity index is 1350. The van der Waals surface area contributed by atoms with Crippen molar-refractivity contribution in [1.82, 2.24) is 19.9 Å². The second-order valence-electron chi connectivity index (χ2n) is 7.45. The number of nitrogens with one attached hydrogen (secondary N) is 2. The topological polar surface area (TPSA) is 66.5 Å². The van der Waals surface area contributed by atoms with E-state index in [1.165, 1.54) is 16.0 Å². The van der Waals surface area contributed by atoms with Crippen molar-refractivity contribution < 1.29 is 0 Å². The van der Waals surface area contributed by atoms with Crippen LogP contribution in [0.25, 0.3) is 33.4 Å². The summed E-state index contributed by atoms with van der Waals surface area (Å²) < 4.78 is 0. The molecule has 0 radical (unpaired) electrons. The summed E-state index contributed by atoms with van der Waals surface area (Å²) >= 11 is 1.74. The molecule has 158 valence electrons. The van der Waals surface area contributed by atoms with Crippen LogP contribution in [0, 0.1) is 0 Å². The fraction of sp³-hybridized carbons (Fsp3) is 0.115. The van der Waals surface area contributed by atoms with E-state index in [0.29, 0.717) is 5.95 Å². The van der Waals surface area contributed by atoms with E-state index in [0.717, 1.165) is 40.8 Å². The normalized spacial score (nSPS) is 11.0. The number of hydrogen-bond donors (Lipinski definition) is 2. The molecule has 32 heavy (non-hydrogen) atoms. The van der Waals surface area contributed by atoms with E-state index in [2.05, 4.69) is 81.1 Å². The van der Waals surface area contributed by atoms with Gasteiger partial charge in [-0.2, -0.15) is 0 Å². The van der Waals surface area contributed by atoms with Gasteiger partial charge in [0, 0.05) is 46.5 Å². The summed E-state index contributed by atoms with van der Waals surface area (Å²) in [5.74, 6) is 0.629. The molecular formula is C26H23N5S.